The largest absolute Gasteiger partial charge is 0.490 e. The van der Waals surface area contributed by atoms with E-state index in [1.807, 2.05) is 0 Å². The molecule has 0 aliphatic carbocycles. The lowest BCUT2D eigenvalue weighted by Crippen LogP contribution is -2.15. The molecular weight excluding hydrogens is 341 g/mol. The fourth-order valence-corrected chi connectivity index (χ4v) is 4.54. The lowest BCUT2D eigenvalue weighted by molar-refractivity contribution is 0.0184. The number of ether oxygens (including phenoxy) is 1. The molecule has 0 spiro atoms. The monoisotopic (exact) mass is 356 g/mol. The van der Waals surface area contributed by atoms with Gasteiger partial charge in [-0.05, 0) is 19.8 Å². The van der Waals surface area contributed by atoms with Crippen LogP contribution in [0, 0.1) is 0 Å². The van der Waals surface area contributed by atoms with Crippen molar-refractivity contribution < 1.29 is 51.2 Å². The first-order chi connectivity index (χ1) is 8.89. The predicted octanol–water partition coefficient (Wildman–Crippen LogP) is 0.897. The first-order valence-corrected chi connectivity index (χ1v) is 9.84. The summed E-state index contributed by atoms with van der Waals surface area (Å²) in [5, 5.41) is 0. The van der Waals surface area contributed by atoms with Crippen LogP contribution in [0.5, 0.6) is 0 Å². The van der Waals surface area contributed by atoms with Crippen LogP contribution in [0.25, 0.3) is 0 Å². The molecule has 4 N–H and O–H groups in total. The number of phosphoric acid groups is 3. The highest BCUT2D eigenvalue weighted by Gasteiger charge is 2.41. The summed E-state index contributed by atoms with van der Waals surface area (Å²) in [6.07, 6.45) is 0.779. The first kappa shape index (κ1) is 18.4. The van der Waals surface area contributed by atoms with Gasteiger partial charge in [0.05, 0.1) is 18.8 Å². The molecule has 1 rings (SSSR count). The zero-order valence-electron chi connectivity index (χ0n) is 10.3. The maximum atomic E-state index is 11.3. The van der Waals surface area contributed by atoms with Gasteiger partial charge >= 0.3 is 23.5 Å². The Labute approximate surface area is 114 Å². The average molecular weight is 356 g/mol. The van der Waals surface area contributed by atoms with E-state index < -0.39 is 29.6 Å². The molecule has 1 fully saturated rings. The van der Waals surface area contributed by atoms with Gasteiger partial charge in [-0.1, -0.05) is 0 Å². The molecule has 0 saturated carbocycles. The third-order valence-electron chi connectivity index (χ3n) is 2.16. The van der Waals surface area contributed by atoms with Gasteiger partial charge in [0.15, 0.2) is 0 Å². The number of hydrogen-bond acceptors (Lipinski definition) is 7. The Morgan fingerprint density at radius 2 is 1.65 bits per heavy atom. The third kappa shape index (κ3) is 7.40. The molecule has 0 aromatic carbocycles. The minimum Gasteiger partial charge on any atom is -0.373 e. The standard InChI is InChI=1S/C6H15O11P3/c1-5-2-3-6(15-5)4-14-19(10,11)17-20(12,13)16-18(7,8)9/h5-6H,2-4H2,1H3,(H,10,11)(H,12,13)(H2,7,8,9)/t5-,6?/m0/s1. The van der Waals surface area contributed by atoms with Gasteiger partial charge in [-0.15, -0.1) is 0 Å². The Hall–Kier alpha value is 0.370. The van der Waals surface area contributed by atoms with E-state index in [0.29, 0.717) is 6.42 Å². The molecule has 14 heteroatoms. The van der Waals surface area contributed by atoms with Crippen LogP contribution in [0.2, 0.25) is 0 Å². The minimum atomic E-state index is -5.45. The first-order valence-electron chi connectivity index (χ1n) is 5.32. The fraction of sp³-hybridized carbons (Fsp3) is 1.00. The quantitative estimate of drug-likeness (QED) is 0.478. The van der Waals surface area contributed by atoms with Crippen molar-refractivity contribution in [3.8, 4) is 0 Å². The number of phosphoric ester groups is 1. The second-order valence-corrected chi connectivity index (χ2v) is 8.45. The summed E-state index contributed by atoms with van der Waals surface area (Å²) >= 11 is 0. The van der Waals surface area contributed by atoms with Crippen molar-refractivity contribution in [2.45, 2.75) is 32.0 Å². The molecule has 1 saturated heterocycles. The van der Waals surface area contributed by atoms with Gasteiger partial charge in [0, 0.05) is 0 Å². The maximum Gasteiger partial charge on any atom is 0.490 e. The van der Waals surface area contributed by atoms with Crippen LogP contribution in [-0.4, -0.2) is 38.4 Å². The van der Waals surface area contributed by atoms with Gasteiger partial charge in [0.25, 0.3) is 0 Å². The summed E-state index contributed by atoms with van der Waals surface area (Å²) in [6.45, 7) is 1.42. The summed E-state index contributed by atoms with van der Waals surface area (Å²) in [5.41, 5.74) is 0. The van der Waals surface area contributed by atoms with Gasteiger partial charge < -0.3 is 24.3 Å². The van der Waals surface area contributed by atoms with Crippen LogP contribution in [0.1, 0.15) is 19.8 Å². The van der Waals surface area contributed by atoms with Crippen LogP contribution < -0.4 is 0 Å². The highest BCUT2D eigenvalue weighted by molar-refractivity contribution is 7.66. The Kier molecular flexibility index (Phi) is 6.12. The highest BCUT2D eigenvalue weighted by Crippen LogP contribution is 2.66. The van der Waals surface area contributed by atoms with Gasteiger partial charge in [-0.3, -0.25) is 4.52 Å². The molecule has 3 unspecified atom stereocenters. The Morgan fingerprint density at radius 1 is 1.05 bits per heavy atom. The SMILES string of the molecule is C[C@H]1CCC(COP(=O)(O)OP(=O)(O)OP(=O)(O)O)O1. The van der Waals surface area contributed by atoms with Crippen LogP contribution in [0.15, 0.2) is 0 Å². The van der Waals surface area contributed by atoms with Crippen molar-refractivity contribution in [2.24, 2.45) is 0 Å². The topological polar surface area (TPSA) is 169 Å². The average Bonchev–Trinajstić information content (AvgIpc) is 2.55. The minimum absolute atomic E-state index is 0.0375. The van der Waals surface area contributed by atoms with Crippen LogP contribution >= 0.6 is 23.5 Å². The second kappa shape index (κ2) is 6.64. The van der Waals surface area contributed by atoms with E-state index in [4.69, 9.17) is 24.3 Å². The molecule has 0 aromatic heterocycles. The number of rotatable bonds is 7. The van der Waals surface area contributed by atoms with Crippen molar-refractivity contribution in [1.82, 2.24) is 0 Å². The van der Waals surface area contributed by atoms with E-state index in [9.17, 15) is 13.7 Å². The maximum absolute atomic E-state index is 11.3. The molecule has 0 amide bonds. The van der Waals surface area contributed by atoms with Crippen LogP contribution in [-0.2, 0) is 31.6 Å². The van der Waals surface area contributed by atoms with Gasteiger partial charge in [-0.25, -0.2) is 13.7 Å². The van der Waals surface area contributed by atoms with E-state index in [1.165, 1.54) is 0 Å². The summed E-state index contributed by atoms with van der Waals surface area (Å²) in [4.78, 5) is 34.7. The van der Waals surface area contributed by atoms with E-state index in [0.717, 1.165) is 6.42 Å². The van der Waals surface area contributed by atoms with Crippen LogP contribution in [0.3, 0.4) is 0 Å². The van der Waals surface area contributed by atoms with E-state index in [2.05, 4.69) is 13.1 Å². The fourth-order valence-electron chi connectivity index (χ4n) is 1.49. The smallest absolute Gasteiger partial charge is 0.373 e. The summed E-state index contributed by atoms with van der Waals surface area (Å²) < 4.78 is 49.5. The molecule has 0 aromatic rings. The lowest BCUT2D eigenvalue weighted by atomic mass is 10.2. The van der Waals surface area contributed by atoms with Crippen molar-refractivity contribution in [3.05, 3.63) is 0 Å². The van der Waals surface area contributed by atoms with Crippen molar-refractivity contribution in [1.29, 1.82) is 0 Å². The van der Waals surface area contributed by atoms with E-state index in [-0.39, 0.29) is 12.7 Å². The van der Waals surface area contributed by atoms with Crippen LogP contribution in [0.4, 0.5) is 0 Å². The van der Waals surface area contributed by atoms with Gasteiger partial charge in [0.1, 0.15) is 0 Å². The van der Waals surface area contributed by atoms with Crippen molar-refractivity contribution in [2.75, 3.05) is 6.61 Å². The molecule has 1 aliphatic rings. The number of hydrogen-bond donors (Lipinski definition) is 4. The Bertz CT molecular complexity index is 471. The Morgan fingerprint density at radius 3 is 2.10 bits per heavy atom. The molecule has 1 heterocycles. The van der Waals surface area contributed by atoms with Gasteiger partial charge in [0.2, 0.25) is 0 Å². The molecule has 0 radical (unpaired) electrons. The molecular formula is C6H15O11P3. The summed E-state index contributed by atoms with van der Waals surface area (Å²) in [7, 11) is -15.9. The van der Waals surface area contributed by atoms with E-state index in [1.54, 1.807) is 6.92 Å². The summed E-state index contributed by atoms with van der Waals surface area (Å²) in [5.74, 6) is 0. The lowest BCUT2D eigenvalue weighted by Gasteiger charge is -2.17. The molecule has 4 atom stereocenters. The normalized spacial score (nSPS) is 29.9. The Balaban J connectivity index is 2.50. The third-order valence-corrected chi connectivity index (χ3v) is 5.96. The highest BCUT2D eigenvalue weighted by atomic mass is 31.3. The zero-order chi connectivity index (χ0) is 15.6. The molecule has 1 aliphatic heterocycles. The molecule has 20 heavy (non-hydrogen) atoms. The molecule has 0 bridgehead atoms. The van der Waals surface area contributed by atoms with Gasteiger partial charge in [-0.2, -0.15) is 8.62 Å². The van der Waals surface area contributed by atoms with E-state index >= 15 is 0 Å². The summed E-state index contributed by atoms with van der Waals surface area (Å²) in [6, 6.07) is 0. The van der Waals surface area contributed by atoms with Crippen molar-refractivity contribution in [3.63, 3.8) is 0 Å². The molecule has 11 nitrogen and oxygen atoms in total. The zero-order valence-corrected chi connectivity index (χ0v) is 12.9. The predicted molar refractivity (Wildman–Crippen MR) is 63.4 cm³/mol. The van der Waals surface area contributed by atoms with Crippen molar-refractivity contribution >= 4 is 23.5 Å². The molecule has 120 valence electrons. The second-order valence-electron chi connectivity index (χ2n) is 4.03.